The fourth-order valence-corrected chi connectivity index (χ4v) is 3.00. The Morgan fingerprint density at radius 1 is 1.71 bits per heavy atom. The zero-order chi connectivity index (χ0) is 9.97. The fourth-order valence-electron chi connectivity index (χ4n) is 2.01. The molecule has 1 heterocycles. The van der Waals surface area contributed by atoms with E-state index in [4.69, 9.17) is 0 Å². The Morgan fingerprint density at radius 2 is 2.57 bits per heavy atom. The Balaban J connectivity index is 2.01. The van der Waals surface area contributed by atoms with Crippen LogP contribution < -0.4 is 5.32 Å². The van der Waals surface area contributed by atoms with Crippen molar-refractivity contribution in [1.82, 2.24) is 5.32 Å². The zero-order valence-electron chi connectivity index (χ0n) is 8.49. The highest BCUT2D eigenvalue weighted by atomic mass is 32.1. The van der Waals surface area contributed by atoms with Gasteiger partial charge in [0.15, 0.2) is 0 Å². The molecule has 3 heteroatoms. The van der Waals surface area contributed by atoms with Crippen LogP contribution in [-0.4, -0.2) is 17.8 Å². The lowest BCUT2D eigenvalue weighted by Crippen LogP contribution is -2.30. The van der Waals surface area contributed by atoms with Crippen molar-refractivity contribution in [2.75, 3.05) is 6.54 Å². The number of fused-ring (bicyclic) bond motifs is 1. The summed E-state index contributed by atoms with van der Waals surface area (Å²) in [6.45, 7) is 2.52. The molecule has 0 saturated carbocycles. The van der Waals surface area contributed by atoms with Gasteiger partial charge in [-0.05, 0) is 43.2 Å². The van der Waals surface area contributed by atoms with Crippen LogP contribution in [0.2, 0.25) is 0 Å². The smallest absolute Gasteiger partial charge is 0.0636 e. The van der Waals surface area contributed by atoms with Gasteiger partial charge in [0.05, 0.1) is 6.10 Å². The number of aliphatic hydroxyl groups is 1. The predicted octanol–water partition coefficient (Wildman–Crippen LogP) is 2.10. The molecule has 1 aliphatic carbocycles. The molecule has 0 aliphatic heterocycles. The highest BCUT2D eigenvalue weighted by molar-refractivity contribution is 7.10. The molecular formula is C11H17NOS. The van der Waals surface area contributed by atoms with Crippen LogP contribution in [0, 0.1) is 0 Å². The Morgan fingerprint density at radius 3 is 3.36 bits per heavy atom. The van der Waals surface area contributed by atoms with Crippen LogP contribution in [0.15, 0.2) is 11.4 Å². The molecule has 1 aromatic rings. The van der Waals surface area contributed by atoms with Crippen molar-refractivity contribution in [1.29, 1.82) is 0 Å². The Hall–Kier alpha value is -0.380. The van der Waals surface area contributed by atoms with Gasteiger partial charge >= 0.3 is 0 Å². The molecule has 2 N–H and O–H groups in total. The average molecular weight is 211 g/mol. The maximum absolute atomic E-state index is 9.22. The molecule has 0 saturated heterocycles. The normalized spacial score (nSPS) is 23.1. The number of nitrogens with one attached hydrogen (secondary N) is 1. The lowest BCUT2D eigenvalue weighted by molar-refractivity contribution is 0.184. The van der Waals surface area contributed by atoms with Gasteiger partial charge in [0.2, 0.25) is 0 Å². The van der Waals surface area contributed by atoms with Crippen molar-refractivity contribution in [3.63, 3.8) is 0 Å². The molecule has 0 bridgehead atoms. The molecule has 0 spiro atoms. The molecule has 2 atom stereocenters. The number of hydrogen-bond donors (Lipinski definition) is 2. The highest BCUT2D eigenvalue weighted by Crippen LogP contribution is 2.32. The van der Waals surface area contributed by atoms with Crippen molar-refractivity contribution in [2.45, 2.75) is 38.3 Å². The molecule has 1 aliphatic rings. The minimum atomic E-state index is -0.251. The van der Waals surface area contributed by atoms with E-state index in [1.54, 1.807) is 0 Å². The standard InChI is InChI=1S/C11H17NOS/c1-8(13)7-12-10-3-2-4-11-9(10)5-6-14-11/h5-6,8,10,12-13H,2-4,7H2,1H3. The summed E-state index contributed by atoms with van der Waals surface area (Å²) in [4.78, 5) is 1.53. The van der Waals surface area contributed by atoms with E-state index < -0.39 is 0 Å². The van der Waals surface area contributed by atoms with E-state index >= 15 is 0 Å². The Bertz CT molecular complexity index is 295. The van der Waals surface area contributed by atoms with Crippen LogP contribution in [-0.2, 0) is 6.42 Å². The van der Waals surface area contributed by atoms with Crippen LogP contribution in [0.25, 0.3) is 0 Å². The summed E-state index contributed by atoms with van der Waals surface area (Å²) >= 11 is 1.86. The number of hydrogen-bond acceptors (Lipinski definition) is 3. The minimum absolute atomic E-state index is 0.251. The summed E-state index contributed by atoms with van der Waals surface area (Å²) in [5.41, 5.74) is 1.46. The predicted molar refractivity (Wildman–Crippen MR) is 59.7 cm³/mol. The summed E-state index contributed by atoms with van der Waals surface area (Å²) in [7, 11) is 0. The van der Waals surface area contributed by atoms with Crippen molar-refractivity contribution in [3.05, 3.63) is 21.9 Å². The minimum Gasteiger partial charge on any atom is -0.392 e. The third kappa shape index (κ3) is 2.16. The van der Waals surface area contributed by atoms with Gasteiger partial charge in [-0.1, -0.05) is 0 Å². The molecule has 2 rings (SSSR count). The van der Waals surface area contributed by atoms with Crippen LogP contribution in [0.3, 0.4) is 0 Å². The summed E-state index contributed by atoms with van der Waals surface area (Å²) in [5.74, 6) is 0. The van der Waals surface area contributed by atoms with Crippen LogP contribution >= 0.6 is 11.3 Å². The van der Waals surface area contributed by atoms with Gasteiger partial charge in [-0.3, -0.25) is 0 Å². The Labute approximate surface area is 89.0 Å². The third-order valence-corrected chi connectivity index (χ3v) is 3.71. The first kappa shape index (κ1) is 10.1. The molecule has 14 heavy (non-hydrogen) atoms. The van der Waals surface area contributed by atoms with E-state index in [0.717, 1.165) is 0 Å². The molecular weight excluding hydrogens is 194 g/mol. The second kappa shape index (κ2) is 4.43. The molecule has 0 fully saturated rings. The van der Waals surface area contributed by atoms with E-state index in [1.807, 2.05) is 18.3 Å². The highest BCUT2D eigenvalue weighted by Gasteiger charge is 2.20. The maximum atomic E-state index is 9.22. The number of aliphatic hydroxyl groups excluding tert-OH is 1. The number of aryl methyl sites for hydroxylation is 1. The monoisotopic (exact) mass is 211 g/mol. The number of rotatable bonds is 3. The van der Waals surface area contributed by atoms with Gasteiger partial charge in [0, 0.05) is 17.5 Å². The Kier molecular flexibility index (Phi) is 3.21. The molecule has 0 radical (unpaired) electrons. The quantitative estimate of drug-likeness (QED) is 0.802. The first-order valence-electron chi connectivity index (χ1n) is 5.25. The summed E-state index contributed by atoms with van der Waals surface area (Å²) in [6.07, 6.45) is 3.46. The van der Waals surface area contributed by atoms with Gasteiger partial charge in [-0.2, -0.15) is 0 Å². The lowest BCUT2D eigenvalue weighted by atomic mass is 9.94. The maximum Gasteiger partial charge on any atom is 0.0636 e. The van der Waals surface area contributed by atoms with Gasteiger partial charge in [-0.25, -0.2) is 0 Å². The summed E-state index contributed by atoms with van der Waals surface area (Å²) in [5, 5.41) is 14.8. The third-order valence-electron chi connectivity index (χ3n) is 2.71. The van der Waals surface area contributed by atoms with Crippen LogP contribution in [0.4, 0.5) is 0 Å². The SMILES string of the molecule is CC(O)CNC1CCCc2sccc21. The second-order valence-corrected chi connectivity index (χ2v) is 5.00. The van der Waals surface area contributed by atoms with Crippen molar-refractivity contribution in [2.24, 2.45) is 0 Å². The van der Waals surface area contributed by atoms with Crippen LogP contribution in [0.5, 0.6) is 0 Å². The van der Waals surface area contributed by atoms with Gasteiger partial charge in [-0.15, -0.1) is 11.3 Å². The largest absolute Gasteiger partial charge is 0.392 e. The van der Waals surface area contributed by atoms with E-state index in [0.29, 0.717) is 12.6 Å². The van der Waals surface area contributed by atoms with E-state index in [-0.39, 0.29) is 6.10 Å². The molecule has 78 valence electrons. The van der Waals surface area contributed by atoms with E-state index in [9.17, 15) is 5.11 Å². The molecule has 0 aromatic carbocycles. The molecule has 0 amide bonds. The summed E-state index contributed by atoms with van der Waals surface area (Å²) in [6, 6.07) is 2.69. The molecule has 2 unspecified atom stereocenters. The first-order chi connectivity index (χ1) is 6.77. The average Bonchev–Trinajstić information content (AvgIpc) is 2.62. The van der Waals surface area contributed by atoms with Crippen molar-refractivity contribution < 1.29 is 5.11 Å². The van der Waals surface area contributed by atoms with Gasteiger partial charge < -0.3 is 10.4 Å². The van der Waals surface area contributed by atoms with E-state index in [1.165, 1.54) is 29.7 Å². The zero-order valence-corrected chi connectivity index (χ0v) is 9.31. The van der Waals surface area contributed by atoms with Gasteiger partial charge in [0.1, 0.15) is 0 Å². The lowest BCUT2D eigenvalue weighted by Gasteiger charge is -2.24. The fraction of sp³-hybridized carbons (Fsp3) is 0.636. The molecule has 1 aromatic heterocycles. The van der Waals surface area contributed by atoms with E-state index in [2.05, 4.69) is 16.8 Å². The van der Waals surface area contributed by atoms with Crippen molar-refractivity contribution >= 4 is 11.3 Å². The molecule has 2 nitrogen and oxygen atoms in total. The first-order valence-corrected chi connectivity index (χ1v) is 6.13. The topological polar surface area (TPSA) is 32.3 Å². The van der Waals surface area contributed by atoms with Gasteiger partial charge in [0.25, 0.3) is 0 Å². The van der Waals surface area contributed by atoms with Crippen LogP contribution in [0.1, 0.15) is 36.2 Å². The van der Waals surface area contributed by atoms with Crippen molar-refractivity contribution in [3.8, 4) is 0 Å². The summed E-state index contributed by atoms with van der Waals surface area (Å²) < 4.78 is 0. The second-order valence-electron chi connectivity index (χ2n) is 4.00. The number of thiophene rings is 1.